The first-order chi connectivity index (χ1) is 9.04. The maximum absolute atomic E-state index is 12.1. The number of nitriles is 1. The first-order valence-electron chi connectivity index (χ1n) is 6.18. The van der Waals surface area contributed by atoms with Crippen molar-refractivity contribution in [3.8, 4) is 17.3 Å². The molecule has 2 aromatic rings. The van der Waals surface area contributed by atoms with Gasteiger partial charge < -0.3 is 4.57 Å². The molecule has 0 aliphatic rings. The molecule has 0 amide bonds. The third kappa shape index (κ3) is 2.43. The number of hydrogen-bond acceptors (Lipinski definition) is 2. The van der Waals surface area contributed by atoms with E-state index in [9.17, 15) is 4.79 Å². The predicted molar refractivity (Wildman–Crippen MR) is 75.9 cm³/mol. The van der Waals surface area contributed by atoms with Crippen LogP contribution >= 0.6 is 0 Å². The summed E-state index contributed by atoms with van der Waals surface area (Å²) in [5.74, 6) is 0. The first-order valence-corrected chi connectivity index (χ1v) is 6.18. The Morgan fingerprint density at radius 2 is 1.95 bits per heavy atom. The van der Waals surface area contributed by atoms with E-state index in [1.807, 2.05) is 38.1 Å². The molecule has 2 rings (SSSR count). The summed E-state index contributed by atoms with van der Waals surface area (Å²) in [5.41, 5.74) is 4.71. The van der Waals surface area contributed by atoms with Gasteiger partial charge in [0.05, 0.1) is 18.2 Å². The van der Waals surface area contributed by atoms with Crippen LogP contribution in [0.15, 0.2) is 35.1 Å². The van der Waals surface area contributed by atoms with Gasteiger partial charge in [-0.1, -0.05) is 29.8 Å². The van der Waals surface area contributed by atoms with E-state index < -0.39 is 0 Å². The lowest BCUT2D eigenvalue weighted by Gasteiger charge is -2.12. The van der Waals surface area contributed by atoms with Crippen LogP contribution in [0.5, 0.6) is 0 Å². The van der Waals surface area contributed by atoms with Crippen molar-refractivity contribution in [2.75, 3.05) is 0 Å². The largest absolute Gasteiger partial charge is 0.311 e. The van der Waals surface area contributed by atoms with Gasteiger partial charge in [0, 0.05) is 18.2 Å². The fourth-order valence-electron chi connectivity index (χ4n) is 2.28. The molecule has 0 aliphatic heterocycles. The Morgan fingerprint density at radius 3 is 2.58 bits per heavy atom. The Kier molecular flexibility index (Phi) is 3.52. The van der Waals surface area contributed by atoms with E-state index in [4.69, 9.17) is 5.26 Å². The van der Waals surface area contributed by atoms with Gasteiger partial charge in [-0.25, -0.2) is 0 Å². The van der Waals surface area contributed by atoms with Crippen LogP contribution in [-0.4, -0.2) is 4.57 Å². The summed E-state index contributed by atoms with van der Waals surface area (Å²) in [4.78, 5) is 12.1. The SMILES string of the molecule is Cc1ccc(-c2ccc(CC#N)c(=O)n2C)c(C)c1. The van der Waals surface area contributed by atoms with Crippen molar-refractivity contribution in [3.63, 3.8) is 0 Å². The lowest BCUT2D eigenvalue weighted by molar-refractivity contribution is 0.851. The van der Waals surface area contributed by atoms with Gasteiger partial charge in [0.1, 0.15) is 0 Å². The molecule has 0 bridgehead atoms. The molecule has 1 aromatic carbocycles. The molecule has 0 radical (unpaired) electrons. The number of rotatable bonds is 2. The molecule has 1 heterocycles. The molecule has 0 aliphatic carbocycles. The summed E-state index contributed by atoms with van der Waals surface area (Å²) in [5, 5.41) is 8.70. The zero-order valence-electron chi connectivity index (χ0n) is 11.4. The van der Waals surface area contributed by atoms with Crippen LogP contribution in [0, 0.1) is 25.2 Å². The second-order valence-electron chi connectivity index (χ2n) is 4.76. The minimum absolute atomic E-state index is 0.0981. The van der Waals surface area contributed by atoms with Gasteiger partial charge >= 0.3 is 0 Å². The standard InChI is InChI=1S/C16H16N2O/c1-11-4-6-14(12(2)10-11)15-7-5-13(8-9-17)16(19)18(15)3/h4-7,10H,8H2,1-3H3. The smallest absolute Gasteiger partial charge is 0.255 e. The molecule has 19 heavy (non-hydrogen) atoms. The van der Waals surface area contributed by atoms with Crippen LogP contribution in [0.25, 0.3) is 11.3 Å². The highest BCUT2D eigenvalue weighted by atomic mass is 16.1. The van der Waals surface area contributed by atoms with Crippen molar-refractivity contribution in [1.29, 1.82) is 5.26 Å². The maximum Gasteiger partial charge on any atom is 0.255 e. The minimum Gasteiger partial charge on any atom is -0.311 e. The molecule has 0 N–H and O–H groups in total. The number of benzene rings is 1. The van der Waals surface area contributed by atoms with Crippen molar-refractivity contribution in [2.45, 2.75) is 20.3 Å². The van der Waals surface area contributed by atoms with Crippen LogP contribution in [0.2, 0.25) is 0 Å². The van der Waals surface area contributed by atoms with Gasteiger partial charge in [0.2, 0.25) is 0 Å². The average molecular weight is 252 g/mol. The number of aryl methyl sites for hydroxylation is 2. The van der Waals surface area contributed by atoms with Gasteiger partial charge in [0.15, 0.2) is 0 Å². The second kappa shape index (κ2) is 5.11. The Bertz CT molecular complexity index is 721. The number of pyridine rings is 1. The molecule has 0 unspecified atom stereocenters. The van der Waals surface area contributed by atoms with Crippen molar-refractivity contribution in [2.24, 2.45) is 7.05 Å². The zero-order valence-corrected chi connectivity index (χ0v) is 11.4. The van der Waals surface area contributed by atoms with Gasteiger partial charge in [-0.3, -0.25) is 4.79 Å². The van der Waals surface area contributed by atoms with Crippen LogP contribution in [0.3, 0.4) is 0 Å². The Hall–Kier alpha value is -2.34. The highest BCUT2D eigenvalue weighted by Gasteiger charge is 2.09. The summed E-state index contributed by atoms with van der Waals surface area (Å²) in [6.07, 6.45) is 0.153. The summed E-state index contributed by atoms with van der Waals surface area (Å²) in [6.45, 7) is 4.09. The van der Waals surface area contributed by atoms with Crippen molar-refractivity contribution in [3.05, 3.63) is 57.4 Å². The van der Waals surface area contributed by atoms with E-state index in [-0.39, 0.29) is 12.0 Å². The predicted octanol–water partition coefficient (Wildman–Crippen LogP) is 2.74. The molecule has 3 nitrogen and oxygen atoms in total. The molecule has 1 aromatic heterocycles. The summed E-state index contributed by atoms with van der Waals surface area (Å²) < 4.78 is 1.62. The third-order valence-corrected chi connectivity index (χ3v) is 3.31. The molecule has 0 fully saturated rings. The number of aromatic nitrogens is 1. The molecular formula is C16H16N2O. The van der Waals surface area contributed by atoms with Crippen molar-refractivity contribution < 1.29 is 0 Å². The summed E-state index contributed by atoms with van der Waals surface area (Å²) in [6, 6.07) is 11.8. The van der Waals surface area contributed by atoms with E-state index in [0.29, 0.717) is 5.56 Å². The van der Waals surface area contributed by atoms with Gasteiger partial charge in [-0.05, 0) is 25.5 Å². The monoisotopic (exact) mass is 252 g/mol. The lowest BCUT2D eigenvalue weighted by Crippen LogP contribution is -2.22. The number of hydrogen-bond donors (Lipinski definition) is 0. The van der Waals surface area contributed by atoms with Crippen LogP contribution < -0.4 is 5.56 Å². The third-order valence-electron chi connectivity index (χ3n) is 3.31. The van der Waals surface area contributed by atoms with Crippen molar-refractivity contribution in [1.82, 2.24) is 4.57 Å². The topological polar surface area (TPSA) is 45.8 Å². The summed E-state index contributed by atoms with van der Waals surface area (Å²) in [7, 11) is 1.75. The summed E-state index contributed by atoms with van der Waals surface area (Å²) >= 11 is 0. The normalized spacial score (nSPS) is 10.2. The maximum atomic E-state index is 12.1. The Balaban J connectivity index is 2.62. The lowest BCUT2D eigenvalue weighted by atomic mass is 10.0. The van der Waals surface area contributed by atoms with E-state index in [1.54, 1.807) is 17.7 Å². The quantitative estimate of drug-likeness (QED) is 0.825. The molecular weight excluding hydrogens is 236 g/mol. The van der Waals surface area contributed by atoms with Crippen LogP contribution in [0.1, 0.15) is 16.7 Å². The first kappa shape index (κ1) is 13.1. The van der Waals surface area contributed by atoms with E-state index >= 15 is 0 Å². The average Bonchev–Trinajstić information content (AvgIpc) is 2.37. The highest BCUT2D eigenvalue weighted by molar-refractivity contribution is 5.64. The molecule has 0 saturated heterocycles. The molecule has 0 saturated carbocycles. The fraction of sp³-hybridized carbons (Fsp3) is 0.250. The van der Waals surface area contributed by atoms with Gasteiger partial charge in [0.25, 0.3) is 5.56 Å². The minimum atomic E-state index is -0.0981. The van der Waals surface area contributed by atoms with Crippen molar-refractivity contribution >= 4 is 0 Å². The van der Waals surface area contributed by atoms with E-state index in [2.05, 4.69) is 6.07 Å². The molecule has 0 spiro atoms. The van der Waals surface area contributed by atoms with Gasteiger partial charge in [-0.15, -0.1) is 0 Å². The molecule has 3 heteroatoms. The van der Waals surface area contributed by atoms with E-state index in [0.717, 1.165) is 16.8 Å². The van der Waals surface area contributed by atoms with Gasteiger partial charge in [-0.2, -0.15) is 5.26 Å². The Labute approximate surface area is 112 Å². The highest BCUT2D eigenvalue weighted by Crippen LogP contribution is 2.23. The second-order valence-corrected chi connectivity index (χ2v) is 4.76. The van der Waals surface area contributed by atoms with Crippen LogP contribution in [-0.2, 0) is 13.5 Å². The van der Waals surface area contributed by atoms with Crippen LogP contribution in [0.4, 0.5) is 0 Å². The fourth-order valence-corrected chi connectivity index (χ4v) is 2.28. The van der Waals surface area contributed by atoms with E-state index in [1.165, 1.54) is 5.56 Å². The molecule has 0 atom stereocenters. The number of nitrogens with zero attached hydrogens (tertiary/aromatic N) is 2. The Morgan fingerprint density at radius 1 is 1.21 bits per heavy atom. The molecule has 96 valence electrons. The zero-order chi connectivity index (χ0) is 14.0.